The van der Waals surface area contributed by atoms with Gasteiger partial charge in [-0.05, 0) is 63.1 Å². The lowest BCUT2D eigenvalue weighted by Gasteiger charge is -2.14. The number of hydrogen-bond donors (Lipinski definition) is 4. The van der Waals surface area contributed by atoms with Crippen molar-refractivity contribution in [1.29, 1.82) is 0 Å². The van der Waals surface area contributed by atoms with Crippen LogP contribution in [0.5, 0.6) is 5.75 Å². The number of ether oxygens (including phenoxy) is 1. The molecule has 1 aromatic heterocycles. The lowest BCUT2D eigenvalue weighted by molar-refractivity contribution is -0.119. The summed E-state index contributed by atoms with van der Waals surface area (Å²) in [7, 11) is 0. The van der Waals surface area contributed by atoms with Crippen molar-refractivity contribution in [2.75, 3.05) is 5.32 Å². The molecular weight excluding hydrogens is 412 g/mol. The molecule has 0 radical (unpaired) electrons. The molecule has 0 saturated heterocycles. The van der Waals surface area contributed by atoms with Crippen molar-refractivity contribution in [2.45, 2.75) is 64.0 Å². The fourth-order valence-corrected chi connectivity index (χ4v) is 4.62. The smallest absolute Gasteiger partial charge is 0.407 e. The maximum Gasteiger partial charge on any atom is 0.407 e. The van der Waals surface area contributed by atoms with Gasteiger partial charge in [-0.25, -0.2) is 4.79 Å². The van der Waals surface area contributed by atoms with Gasteiger partial charge in [-0.2, -0.15) is 5.10 Å². The van der Waals surface area contributed by atoms with Gasteiger partial charge in [0.15, 0.2) is 12.1 Å². The summed E-state index contributed by atoms with van der Waals surface area (Å²) < 4.78 is 5.47. The monoisotopic (exact) mass is 440 g/mol. The first-order valence-electron chi connectivity index (χ1n) is 11.0. The van der Waals surface area contributed by atoms with Crippen molar-refractivity contribution >= 4 is 24.1 Å². The van der Waals surface area contributed by atoms with Crippen LogP contribution in [-0.4, -0.2) is 45.7 Å². The molecule has 2 amide bonds. The number of aldehydes is 1. The molecule has 4 N–H and O–H groups in total. The number of aromatic amines is 1. The molecule has 0 aliphatic heterocycles. The Morgan fingerprint density at radius 1 is 1.28 bits per heavy atom. The molecule has 9 heteroatoms. The second kappa shape index (κ2) is 9.02. The largest absolute Gasteiger partial charge is 0.507 e. The van der Waals surface area contributed by atoms with Crippen LogP contribution in [0.15, 0.2) is 18.2 Å². The molecule has 1 fully saturated rings. The van der Waals surface area contributed by atoms with Gasteiger partial charge in [0.25, 0.3) is 0 Å². The predicted molar refractivity (Wildman–Crippen MR) is 117 cm³/mol. The Bertz CT molecular complexity index is 1030. The minimum absolute atomic E-state index is 0.0295. The Morgan fingerprint density at radius 3 is 2.84 bits per heavy atom. The number of amides is 2. The number of phenols is 1. The first-order valence-corrected chi connectivity index (χ1v) is 11.0. The zero-order valence-corrected chi connectivity index (χ0v) is 18.2. The van der Waals surface area contributed by atoms with E-state index in [1.807, 2.05) is 19.9 Å². The summed E-state index contributed by atoms with van der Waals surface area (Å²) >= 11 is 0. The maximum absolute atomic E-state index is 12.8. The highest BCUT2D eigenvalue weighted by Gasteiger charge is 2.32. The number of benzene rings is 1. The fraction of sp³-hybridized carbons (Fsp3) is 0.478. The SMILES string of the molecule is CC(C)NC(=O)O[C@@H]1CC[C@H](c2cc(NC(=O)C3Cc4ccc(O)c(C=O)c4C3)n[nH]2)C1. The third-order valence-electron chi connectivity index (χ3n) is 6.19. The van der Waals surface area contributed by atoms with Crippen molar-refractivity contribution in [3.05, 3.63) is 40.6 Å². The molecule has 1 unspecified atom stereocenters. The summed E-state index contributed by atoms with van der Waals surface area (Å²) in [6.45, 7) is 3.77. The molecule has 170 valence electrons. The molecule has 0 spiro atoms. The number of carbonyl (C=O) groups is 3. The number of aromatic nitrogens is 2. The van der Waals surface area contributed by atoms with Crippen LogP contribution in [0.3, 0.4) is 0 Å². The van der Waals surface area contributed by atoms with E-state index < -0.39 is 6.09 Å². The summed E-state index contributed by atoms with van der Waals surface area (Å²) in [4.78, 5) is 35.9. The first-order chi connectivity index (χ1) is 15.3. The molecule has 2 aliphatic carbocycles. The summed E-state index contributed by atoms with van der Waals surface area (Å²) in [5.41, 5.74) is 2.81. The maximum atomic E-state index is 12.8. The average molecular weight is 441 g/mol. The van der Waals surface area contributed by atoms with Gasteiger partial charge >= 0.3 is 6.09 Å². The van der Waals surface area contributed by atoms with Crippen LogP contribution in [0.2, 0.25) is 0 Å². The molecule has 1 saturated carbocycles. The van der Waals surface area contributed by atoms with Gasteiger partial charge in [-0.15, -0.1) is 0 Å². The lowest BCUT2D eigenvalue weighted by atomic mass is 10.0. The van der Waals surface area contributed by atoms with Crippen molar-refractivity contribution in [3.63, 3.8) is 0 Å². The molecular formula is C23H28N4O5. The Morgan fingerprint density at radius 2 is 2.09 bits per heavy atom. The van der Waals surface area contributed by atoms with Gasteiger partial charge in [-0.3, -0.25) is 14.7 Å². The summed E-state index contributed by atoms with van der Waals surface area (Å²) in [5.74, 6) is 0.0699. The Hall–Kier alpha value is -3.36. The molecule has 32 heavy (non-hydrogen) atoms. The van der Waals surface area contributed by atoms with E-state index in [2.05, 4.69) is 20.8 Å². The zero-order valence-electron chi connectivity index (χ0n) is 18.2. The molecule has 0 bridgehead atoms. The van der Waals surface area contributed by atoms with Crippen molar-refractivity contribution in [2.24, 2.45) is 5.92 Å². The number of phenolic OH excluding ortho intramolecular Hbond substituents is 1. The number of H-pyrrole nitrogens is 1. The van der Waals surface area contributed by atoms with E-state index in [1.54, 1.807) is 6.07 Å². The summed E-state index contributed by atoms with van der Waals surface area (Å²) in [5, 5.41) is 22.7. The highest BCUT2D eigenvalue weighted by atomic mass is 16.6. The van der Waals surface area contributed by atoms with E-state index in [9.17, 15) is 19.5 Å². The van der Waals surface area contributed by atoms with E-state index in [4.69, 9.17) is 4.74 Å². The fourth-order valence-electron chi connectivity index (χ4n) is 4.62. The number of nitrogens with zero attached hydrogens (tertiary/aromatic N) is 1. The number of alkyl carbamates (subject to hydrolysis) is 1. The van der Waals surface area contributed by atoms with E-state index in [1.165, 1.54) is 6.07 Å². The third kappa shape index (κ3) is 4.61. The Kier molecular flexibility index (Phi) is 6.16. The van der Waals surface area contributed by atoms with Crippen LogP contribution in [-0.2, 0) is 22.4 Å². The average Bonchev–Trinajstić information content (AvgIpc) is 3.46. The van der Waals surface area contributed by atoms with Crippen LogP contribution in [0.25, 0.3) is 0 Å². The molecule has 1 aromatic carbocycles. The van der Waals surface area contributed by atoms with Crippen molar-refractivity contribution < 1.29 is 24.2 Å². The third-order valence-corrected chi connectivity index (χ3v) is 6.19. The van der Waals surface area contributed by atoms with E-state index in [0.717, 1.165) is 29.7 Å². The van der Waals surface area contributed by atoms with Crippen LogP contribution in [0, 0.1) is 5.92 Å². The topological polar surface area (TPSA) is 133 Å². The first kappa shape index (κ1) is 21.9. The van der Waals surface area contributed by atoms with Gasteiger partial charge in [0.2, 0.25) is 5.91 Å². The normalized spacial score (nSPS) is 21.9. The van der Waals surface area contributed by atoms with Crippen LogP contribution in [0.4, 0.5) is 10.6 Å². The Balaban J connectivity index is 1.33. The minimum atomic E-state index is -0.396. The molecule has 1 heterocycles. The van der Waals surface area contributed by atoms with Crippen LogP contribution >= 0.6 is 0 Å². The predicted octanol–water partition coefficient (Wildman–Crippen LogP) is 3.05. The molecule has 4 rings (SSSR count). The number of anilines is 1. The number of hydrogen-bond acceptors (Lipinski definition) is 6. The zero-order chi connectivity index (χ0) is 22.8. The quantitative estimate of drug-likeness (QED) is 0.510. The molecule has 9 nitrogen and oxygen atoms in total. The van der Waals surface area contributed by atoms with Gasteiger partial charge < -0.3 is 20.5 Å². The van der Waals surface area contributed by atoms with Crippen LogP contribution < -0.4 is 10.6 Å². The van der Waals surface area contributed by atoms with Gasteiger partial charge in [0.1, 0.15) is 11.9 Å². The highest BCUT2D eigenvalue weighted by molar-refractivity contribution is 5.93. The van der Waals surface area contributed by atoms with Gasteiger partial charge in [0, 0.05) is 29.6 Å². The summed E-state index contributed by atoms with van der Waals surface area (Å²) in [6, 6.07) is 5.11. The van der Waals surface area contributed by atoms with Gasteiger partial charge in [0.05, 0.1) is 5.56 Å². The standard InChI is InChI=1S/C23H28N4O5/c1-12(2)24-23(31)32-16-5-3-14(8-16)19-10-21(27-26-19)25-22(30)15-7-13-4-6-20(29)18(11-28)17(13)9-15/h4,6,10-12,14-16,29H,3,5,7-9H2,1-2H3,(H,24,31)(H2,25,26,27,30)/t14-,15?,16+/m0/s1. The minimum Gasteiger partial charge on any atom is -0.507 e. The number of carbonyl (C=O) groups excluding carboxylic acids is 3. The molecule has 2 aliphatic rings. The van der Waals surface area contributed by atoms with E-state index in [-0.39, 0.29) is 41.2 Å². The van der Waals surface area contributed by atoms with Crippen molar-refractivity contribution in [1.82, 2.24) is 15.5 Å². The molecule has 3 atom stereocenters. The van der Waals surface area contributed by atoms with Gasteiger partial charge in [-0.1, -0.05) is 6.07 Å². The van der Waals surface area contributed by atoms with Crippen LogP contribution in [0.1, 0.15) is 66.2 Å². The number of fused-ring (bicyclic) bond motifs is 1. The number of rotatable bonds is 6. The highest BCUT2D eigenvalue weighted by Crippen LogP contribution is 2.36. The summed E-state index contributed by atoms with van der Waals surface area (Å²) in [6.07, 6.45) is 3.37. The molecule has 2 aromatic rings. The Labute approximate surface area is 185 Å². The van der Waals surface area contributed by atoms with E-state index >= 15 is 0 Å². The second-order valence-corrected chi connectivity index (χ2v) is 8.89. The van der Waals surface area contributed by atoms with E-state index in [0.29, 0.717) is 31.4 Å². The van der Waals surface area contributed by atoms with Crippen molar-refractivity contribution in [3.8, 4) is 5.75 Å². The number of nitrogens with one attached hydrogen (secondary N) is 3. The lowest BCUT2D eigenvalue weighted by Crippen LogP contribution is -2.33. The number of aromatic hydroxyl groups is 1. The second-order valence-electron chi connectivity index (χ2n) is 8.89.